The van der Waals surface area contributed by atoms with E-state index < -0.39 is 0 Å². The van der Waals surface area contributed by atoms with Crippen molar-refractivity contribution in [3.8, 4) is 0 Å². The lowest BCUT2D eigenvalue weighted by Crippen LogP contribution is -2.10. The lowest BCUT2D eigenvalue weighted by atomic mass is 10.3. The second-order valence-corrected chi connectivity index (χ2v) is 2.33. The Hall–Kier alpha value is -1.32. The van der Waals surface area contributed by atoms with Gasteiger partial charge in [-0.1, -0.05) is 6.92 Å². The van der Waals surface area contributed by atoms with Crippen LogP contribution in [0.15, 0.2) is 12.3 Å². The summed E-state index contributed by atoms with van der Waals surface area (Å²) in [5, 5.41) is 3.77. The zero-order valence-corrected chi connectivity index (χ0v) is 6.45. The molecular formula is C7H11N3O. The SMILES string of the molecule is CCCC(=O)n1ccc(N)n1. The number of hydrogen-bond acceptors (Lipinski definition) is 3. The van der Waals surface area contributed by atoms with Gasteiger partial charge >= 0.3 is 0 Å². The molecule has 0 unspecified atom stereocenters. The van der Waals surface area contributed by atoms with Gasteiger partial charge in [-0.3, -0.25) is 4.79 Å². The third-order valence-corrected chi connectivity index (χ3v) is 1.33. The average molecular weight is 153 g/mol. The van der Waals surface area contributed by atoms with E-state index in [4.69, 9.17) is 5.73 Å². The third-order valence-electron chi connectivity index (χ3n) is 1.33. The van der Waals surface area contributed by atoms with Gasteiger partial charge in [-0.25, -0.2) is 4.68 Å². The minimum Gasteiger partial charge on any atom is -0.382 e. The van der Waals surface area contributed by atoms with Gasteiger partial charge in [0.1, 0.15) is 5.82 Å². The molecule has 4 nitrogen and oxygen atoms in total. The van der Waals surface area contributed by atoms with Gasteiger partial charge in [0.15, 0.2) is 0 Å². The van der Waals surface area contributed by atoms with Crippen LogP contribution in [0, 0.1) is 0 Å². The van der Waals surface area contributed by atoms with Crippen molar-refractivity contribution in [3.63, 3.8) is 0 Å². The summed E-state index contributed by atoms with van der Waals surface area (Å²) >= 11 is 0. The number of nitrogen functional groups attached to an aromatic ring is 1. The van der Waals surface area contributed by atoms with Gasteiger partial charge in [-0.05, 0) is 6.42 Å². The van der Waals surface area contributed by atoms with E-state index in [1.807, 2.05) is 6.92 Å². The standard InChI is InChI=1S/C7H11N3O/c1-2-3-7(11)10-5-4-6(8)9-10/h4-5H,2-3H2,1H3,(H2,8,9). The quantitative estimate of drug-likeness (QED) is 0.686. The molecule has 0 aliphatic rings. The maximum Gasteiger partial charge on any atom is 0.246 e. The second kappa shape index (κ2) is 3.18. The normalized spacial score (nSPS) is 9.91. The van der Waals surface area contributed by atoms with E-state index in [1.54, 1.807) is 12.3 Å². The highest BCUT2D eigenvalue weighted by molar-refractivity contribution is 5.78. The van der Waals surface area contributed by atoms with Crippen molar-refractivity contribution in [2.75, 3.05) is 5.73 Å². The smallest absolute Gasteiger partial charge is 0.246 e. The molecule has 60 valence electrons. The van der Waals surface area contributed by atoms with Crippen LogP contribution in [0.25, 0.3) is 0 Å². The highest BCUT2D eigenvalue weighted by Crippen LogP contribution is 1.98. The van der Waals surface area contributed by atoms with Crippen molar-refractivity contribution in [3.05, 3.63) is 12.3 Å². The lowest BCUT2D eigenvalue weighted by Gasteiger charge is -1.95. The van der Waals surface area contributed by atoms with Gasteiger partial charge in [0.2, 0.25) is 5.91 Å². The molecule has 0 saturated heterocycles. The molecule has 0 atom stereocenters. The Morgan fingerprint density at radius 1 is 1.82 bits per heavy atom. The summed E-state index contributed by atoms with van der Waals surface area (Å²) in [5.41, 5.74) is 5.33. The summed E-state index contributed by atoms with van der Waals surface area (Å²) in [7, 11) is 0. The minimum absolute atomic E-state index is 0.01000. The molecule has 0 aliphatic carbocycles. The van der Waals surface area contributed by atoms with Gasteiger partial charge in [0, 0.05) is 18.7 Å². The van der Waals surface area contributed by atoms with E-state index in [0.29, 0.717) is 12.2 Å². The van der Waals surface area contributed by atoms with Gasteiger partial charge in [0.05, 0.1) is 0 Å². The average Bonchev–Trinajstić information content (AvgIpc) is 2.36. The summed E-state index contributed by atoms with van der Waals surface area (Å²) in [4.78, 5) is 11.1. The lowest BCUT2D eigenvalue weighted by molar-refractivity contribution is 0.0886. The van der Waals surface area contributed by atoms with Crippen molar-refractivity contribution < 1.29 is 4.79 Å². The van der Waals surface area contributed by atoms with Crippen LogP contribution in [0.5, 0.6) is 0 Å². The molecule has 4 heteroatoms. The van der Waals surface area contributed by atoms with Crippen molar-refractivity contribution in [1.82, 2.24) is 9.78 Å². The largest absolute Gasteiger partial charge is 0.382 e. The summed E-state index contributed by atoms with van der Waals surface area (Å²) in [6, 6.07) is 1.60. The van der Waals surface area contributed by atoms with Gasteiger partial charge in [-0.15, -0.1) is 5.10 Å². The molecule has 0 bridgehead atoms. The number of nitrogens with two attached hydrogens (primary N) is 1. The number of aromatic nitrogens is 2. The second-order valence-electron chi connectivity index (χ2n) is 2.33. The molecule has 1 aromatic rings. The number of nitrogens with zero attached hydrogens (tertiary/aromatic N) is 2. The van der Waals surface area contributed by atoms with Crippen LogP contribution in [0.4, 0.5) is 5.82 Å². The van der Waals surface area contributed by atoms with Crippen LogP contribution in [-0.4, -0.2) is 15.7 Å². The molecule has 0 fully saturated rings. The maximum absolute atomic E-state index is 11.1. The molecule has 1 rings (SSSR count). The highest BCUT2D eigenvalue weighted by Gasteiger charge is 2.03. The van der Waals surface area contributed by atoms with Gasteiger partial charge in [-0.2, -0.15) is 0 Å². The van der Waals surface area contributed by atoms with E-state index >= 15 is 0 Å². The van der Waals surface area contributed by atoms with Crippen LogP contribution in [0.1, 0.15) is 24.6 Å². The topological polar surface area (TPSA) is 60.9 Å². The van der Waals surface area contributed by atoms with E-state index in [1.165, 1.54) is 4.68 Å². The number of anilines is 1. The van der Waals surface area contributed by atoms with Crippen LogP contribution >= 0.6 is 0 Å². The monoisotopic (exact) mass is 153 g/mol. The zero-order valence-electron chi connectivity index (χ0n) is 6.45. The first kappa shape index (κ1) is 7.78. The molecule has 1 aromatic heterocycles. The third kappa shape index (κ3) is 1.80. The first-order chi connectivity index (χ1) is 5.24. The van der Waals surface area contributed by atoms with E-state index in [0.717, 1.165) is 6.42 Å². The van der Waals surface area contributed by atoms with Crippen molar-refractivity contribution in [2.45, 2.75) is 19.8 Å². The summed E-state index contributed by atoms with van der Waals surface area (Å²) in [6.07, 6.45) is 2.92. The molecule has 11 heavy (non-hydrogen) atoms. The van der Waals surface area contributed by atoms with E-state index in [9.17, 15) is 4.79 Å². The van der Waals surface area contributed by atoms with E-state index in [2.05, 4.69) is 5.10 Å². The molecule has 2 N–H and O–H groups in total. The summed E-state index contributed by atoms with van der Waals surface area (Å²) < 4.78 is 1.28. The first-order valence-electron chi connectivity index (χ1n) is 3.58. The van der Waals surface area contributed by atoms with Gasteiger partial charge in [0.25, 0.3) is 0 Å². The molecule has 0 spiro atoms. The number of hydrogen-bond donors (Lipinski definition) is 1. The number of carbonyl (C=O) groups is 1. The zero-order chi connectivity index (χ0) is 8.27. The summed E-state index contributed by atoms with van der Waals surface area (Å²) in [5.74, 6) is 0.374. The number of rotatable bonds is 2. The molecule has 0 aliphatic heterocycles. The Morgan fingerprint density at radius 3 is 3.00 bits per heavy atom. The molecule has 0 amide bonds. The van der Waals surface area contributed by atoms with Gasteiger partial charge < -0.3 is 5.73 Å². The van der Waals surface area contributed by atoms with Crippen LogP contribution in [0.3, 0.4) is 0 Å². The van der Waals surface area contributed by atoms with Crippen molar-refractivity contribution >= 4 is 11.7 Å². The van der Waals surface area contributed by atoms with Crippen LogP contribution in [-0.2, 0) is 0 Å². The fraction of sp³-hybridized carbons (Fsp3) is 0.429. The Balaban J connectivity index is 2.69. The fourth-order valence-corrected chi connectivity index (χ4v) is 0.805. The first-order valence-corrected chi connectivity index (χ1v) is 3.58. The van der Waals surface area contributed by atoms with Crippen molar-refractivity contribution in [2.24, 2.45) is 0 Å². The molecule has 0 radical (unpaired) electrons. The van der Waals surface area contributed by atoms with Crippen LogP contribution < -0.4 is 5.73 Å². The fourth-order valence-electron chi connectivity index (χ4n) is 0.805. The van der Waals surface area contributed by atoms with Crippen LogP contribution in [0.2, 0.25) is 0 Å². The van der Waals surface area contributed by atoms with E-state index in [-0.39, 0.29) is 5.91 Å². The maximum atomic E-state index is 11.1. The minimum atomic E-state index is -0.01000. The molecular weight excluding hydrogens is 142 g/mol. The Morgan fingerprint density at radius 2 is 2.55 bits per heavy atom. The predicted molar refractivity (Wildman–Crippen MR) is 42.2 cm³/mol. The Bertz CT molecular complexity index is 254. The molecule has 0 saturated carbocycles. The Kier molecular flexibility index (Phi) is 2.25. The Labute approximate surface area is 65.0 Å². The summed E-state index contributed by atoms with van der Waals surface area (Å²) in [6.45, 7) is 1.95. The predicted octanol–water partition coefficient (Wildman–Crippen LogP) is 0.906. The van der Waals surface area contributed by atoms with Crippen molar-refractivity contribution in [1.29, 1.82) is 0 Å². The highest BCUT2D eigenvalue weighted by atomic mass is 16.2. The number of carbonyl (C=O) groups excluding carboxylic acids is 1. The molecule has 0 aromatic carbocycles. The molecule has 1 heterocycles.